The Labute approximate surface area is 151 Å². The summed E-state index contributed by atoms with van der Waals surface area (Å²) in [5.41, 5.74) is 1.68. The van der Waals surface area contributed by atoms with Crippen molar-refractivity contribution in [1.82, 2.24) is 9.88 Å². The Morgan fingerprint density at radius 3 is 2.64 bits per heavy atom. The maximum Gasteiger partial charge on any atom is 0.311 e. The number of carboxylic acids is 1. The van der Waals surface area contributed by atoms with E-state index in [1.54, 1.807) is 10.3 Å². The fourth-order valence-electron chi connectivity index (χ4n) is 3.37. The van der Waals surface area contributed by atoms with Gasteiger partial charge in [-0.25, -0.2) is 4.98 Å². The highest BCUT2D eigenvalue weighted by Crippen LogP contribution is 2.39. The predicted molar refractivity (Wildman–Crippen MR) is 97.7 cm³/mol. The Hall–Kier alpha value is -2.21. The zero-order valence-corrected chi connectivity index (χ0v) is 15.5. The van der Waals surface area contributed by atoms with Crippen molar-refractivity contribution in [1.29, 1.82) is 0 Å². The predicted octanol–water partition coefficient (Wildman–Crippen LogP) is 3.69. The van der Waals surface area contributed by atoms with Crippen LogP contribution in [-0.4, -0.2) is 40.0 Å². The molecule has 2 heterocycles. The van der Waals surface area contributed by atoms with Gasteiger partial charge in [-0.2, -0.15) is 0 Å². The molecular formula is C19H22N2O3S. The Bertz CT molecular complexity index is 815. The molecule has 0 bridgehead atoms. The number of aromatic nitrogens is 1. The van der Waals surface area contributed by atoms with Crippen molar-refractivity contribution in [2.45, 2.75) is 27.2 Å². The number of aliphatic carboxylic acids is 1. The first kappa shape index (κ1) is 17.6. The van der Waals surface area contributed by atoms with Gasteiger partial charge in [-0.3, -0.25) is 9.59 Å². The Morgan fingerprint density at radius 2 is 2.04 bits per heavy atom. The number of rotatable bonds is 4. The molecule has 5 nitrogen and oxygen atoms in total. The summed E-state index contributed by atoms with van der Waals surface area (Å²) in [5, 5.41) is 12.2. The smallest absolute Gasteiger partial charge is 0.311 e. The number of carboxylic acid groups (broad SMARTS) is 1. The monoisotopic (exact) mass is 358 g/mol. The van der Waals surface area contributed by atoms with E-state index in [9.17, 15) is 14.7 Å². The van der Waals surface area contributed by atoms with Crippen molar-refractivity contribution < 1.29 is 14.7 Å². The van der Waals surface area contributed by atoms with E-state index < -0.39 is 11.4 Å². The number of carbonyl (C=O) groups excluding carboxylic acids is 1. The number of hydrogen-bond donors (Lipinski definition) is 1. The van der Waals surface area contributed by atoms with Gasteiger partial charge < -0.3 is 10.0 Å². The summed E-state index contributed by atoms with van der Waals surface area (Å²) in [4.78, 5) is 30.7. The van der Waals surface area contributed by atoms with E-state index in [1.165, 1.54) is 11.3 Å². The molecule has 1 aromatic carbocycles. The van der Waals surface area contributed by atoms with Crippen LogP contribution < -0.4 is 0 Å². The molecule has 6 heteroatoms. The molecule has 0 spiro atoms. The van der Waals surface area contributed by atoms with Crippen LogP contribution in [0.3, 0.4) is 0 Å². The Morgan fingerprint density at radius 1 is 1.32 bits per heavy atom. The molecule has 0 radical (unpaired) electrons. The molecule has 0 saturated carbocycles. The molecule has 3 rings (SSSR count). The first-order valence-corrected chi connectivity index (χ1v) is 9.27. The number of aryl methyl sites for hydroxylation is 1. The van der Waals surface area contributed by atoms with E-state index in [1.807, 2.05) is 45.0 Å². The molecule has 1 N–H and O–H groups in total. The van der Waals surface area contributed by atoms with Crippen LogP contribution in [0.15, 0.2) is 29.6 Å². The quantitative estimate of drug-likeness (QED) is 0.905. The van der Waals surface area contributed by atoms with Gasteiger partial charge in [0.05, 0.1) is 5.41 Å². The van der Waals surface area contributed by atoms with Gasteiger partial charge in [-0.05, 0) is 24.8 Å². The average Bonchev–Trinajstić information content (AvgIpc) is 3.23. The van der Waals surface area contributed by atoms with Crippen LogP contribution in [0.2, 0.25) is 0 Å². The lowest BCUT2D eigenvalue weighted by Gasteiger charge is -2.28. The van der Waals surface area contributed by atoms with Crippen LogP contribution in [0.1, 0.15) is 36.3 Å². The van der Waals surface area contributed by atoms with Gasteiger partial charge in [0.15, 0.2) is 0 Å². The third kappa shape index (κ3) is 3.06. The molecule has 1 fully saturated rings. The number of benzene rings is 1. The summed E-state index contributed by atoms with van der Waals surface area (Å²) in [6, 6.07) is 7.94. The van der Waals surface area contributed by atoms with E-state index in [2.05, 4.69) is 4.98 Å². The highest BCUT2D eigenvalue weighted by Gasteiger charge is 2.48. The zero-order valence-electron chi connectivity index (χ0n) is 14.7. The molecule has 0 aliphatic carbocycles. The minimum atomic E-state index is -0.857. The second kappa shape index (κ2) is 6.59. The molecular weight excluding hydrogens is 336 g/mol. The van der Waals surface area contributed by atoms with Gasteiger partial charge in [-0.1, -0.05) is 38.1 Å². The number of carbonyl (C=O) groups is 2. The largest absolute Gasteiger partial charge is 0.481 e. The summed E-state index contributed by atoms with van der Waals surface area (Å²) < 4.78 is 0. The van der Waals surface area contributed by atoms with Crippen LogP contribution in [0.5, 0.6) is 0 Å². The molecule has 1 atom stereocenters. The number of amides is 1. The number of likely N-dealkylation sites (tertiary alicyclic amines) is 1. The van der Waals surface area contributed by atoms with Crippen molar-refractivity contribution in [2.24, 2.45) is 11.3 Å². The normalized spacial score (nSPS) is 20.2. The minimum Gasteiger partial charge on any atom is -0.481 e. The highest BCUT2D eigenvalue weighted by molar-refractivity contribution is 7.13. The Balaban J connectivity index is 1.82. The fraction of sp³-hybridized carbons (Fsp3) is 0.421. The lowest BCUT2D eigenvalue weighted by atomic mass is 9.76. The van der Waals surface area contributed by atoms with Crippen LogP contribution in [0.4, 0.5) is 0 Å². The van der Waals surface area contributed by atoms with Gasteiger partial charge in [0.25, 0.3) is 5.91 Å². The highest BCUT2D eigenvalue weighted by atomic mass is 32.1. The van der Waals surface area contributed by atoms with Crippen LogP contribution >= 0.6 is 11.3 Å². The summed E-state index contributed by atoms with van der Waals surface area (Å²) in [7, 11) is 0. The van der Waals surface area contributed by atoms with Crippen molar-refractivity contribution >= 4 is 23.2 Å². The first-order chi connectivity index (χ1) is 11.8. The van der Waals surface area contributed by atoms with Crippen LogP contribution in [0.25, 0.3) is 10.6 Å². The van der Waals surface area contributed by atoms with Gasteiger partial charge in [0.1, 0.15) is 10.7 Å². The molecule has 132 valence electrons. The van der Waals surface area contributed by atoms with E-state index >= 15 is 0 Å². The lowest BCUT2D eigenvalue weighted by Crippen LogP contribution is -2.40. The van der Waals surface area contributed by atoms with Gasteiger partial charge in [0, 0.05) is 24.0 Å². The van der Waals surface area contributed by atoms with Crippen molar-refractivity contribution in [3.05, 3.63) is 40.9 Å². The third-order valence-corrected chi connectivity index (χ3v) is 6.09. The van der Waals surface area contributed by atoms with Gasteiger partial charge in [0.2, 0.25) is 0 Å². The summed E-state index contributed by atoms with van der Waals surface area (Å²) in [5.74, 6) is -1.03. The fourth-order valence-corrected chi connectivity index (χ4v) is 4.25. The molecule has 2 aromatic rings. The average molecular weight is 358 g/mol. The van der Waals surface area contributed by atoms with Crippen LogP contribution in [-0.2, 0) is 4.79 Å². The van der Waals surface area contributed by atoms with Gasteiger partial charge in [-0.15, -0.1) is 11.3 Å². The molecule has 25 heavy (non-hydrogen) atoms. The summed E-state index contributed by atoms with van der Waals surface area (Å²) in [6.45, 7) is 6.53. The number of nitrogens with zero attached hydrogens (tertiary/aromatic N) is 2. The van der Waals surface area contributed by atoms with E-state index in [4.69, 9.17) is 0 Å². The van der Waals surface area contributed by atoms with E-state index in [0.29, 0.717) is 18.7 Å². The number of hydrogen-bond acceptors (Lipinski definition) is 4. The molecule has 1 aromatic heterocycles. The van der Waals surface area contributed by atoms with Crippen molar-refractivity contribution in [3.63, 3.8) is 0 Å². The van der Waals surface area contributed by atoms with E-state index in [0.717, 1.165) is 16.1 Å². The molecule has 1 aliphatic heterocycles. The van der Waals surface area contributed by atoms with Crippen LogP contribution in [0, 0.1) is 18.3 Å². The first-order valence-electron chi connectivity index (χ1n) is 8.39. The minimum absolute atomic E-state index is 0.0271. The zero-order chi connectivity index (χ0) is 18.2. The summed E-state index contributed by atoms with van der Waals surface area (Å²) >= 11 is 1.44. The van der Waals surface area contributed by atoms with Gasteiger partial charge >= 0.3 is 5.97 Å². The van der Waals surface area contributed by atoms with E-state index in [-0.39, 0.29) is 18.4 Å². The summed E-state index contributed by atoms with van der Waals surface area (Å²) in [6.07, 6.45) is 0.487. The molecule has 1 unspecified atom stereocenters. The molecule has 1 aliphatic rings. The maximum atomic E-state index is 12.8. The third-order valence-electron chi connectivity index (χ3n) is 5.22. The van der Waals surface area contributed by atoms with Crippen molar-refractivity contribution in [3.8, 4) is 10.6 Å². The molecule has 1 saturated heterocycles. The lowest BCUT2D eigenvalue weighted by molar-refractivity contribution is -0.150. The second-order valence-corrected chi connectivity index (χ2v) is 7.80. The maximum absolute atomic E-state index is 12.8. The topological polar surface area (TPSA) is 70.5 Å². The Kier molecular flexibility index (Phi) is 4.64. The van der Waals surface area contributed by atoms with Crippen molar-refractivity contribution in [2.75, 3.05) is 13.1 Å². The SMILES string of the molecule is Cc1ccccc1-c1nc(C(=O)N2CCC(C(=O)O)(C(C)C)C2)cs1. The number of thiazole rings is 1. The second-order valence-electron chi connectivity index (χ2n) is 6.95. The standard InChI is InChI=1S/C19H22N2O3S/c1-12(2)19(18(23)24)8-9-21(11-19)17(22)15-10-25-16(20-15)14-7-5-4-6-13(14)3/h4-7,10,12H,8-9,11H2,1-3H3,(H,23,24). The molecule has 1 amide bonds.